The molecule has 0 radical (unpaired) electrons. The first-order valence-corrected chi connectivity index (χ1v) is 11.8. The van der Waals surface area contributed by atoms with Crippen LogP contribution < -0.4 is 10.1 Å². The molecule has 0 bridgehead atoms. The zero-order valence-electron chi connectivity index (χ0n) is 19.8. The molecule has 0 saturated carbocycles. The summed E-state index contributed by atoms with van der Waals surface area (Å²) in [6.45, 7) is 0.146. The van der Waals surface area contributed by atoms with Gasteiger partial charge in [0.15, 0.2) is 5.78 Å². The first-order chi connectivity index (χ1) is 17.8. The van der Waals surface area contributed by atoms with Crippen LogP contribution >= 0.6 is 11.6 Å². The van der Waals surface area contributed by atoms with Gasteiger partial charge >= 0.3 is 6.36 Å². The Hall–Kier alpha value is -3.67. The fourth-order valence-corrected chi connectivity index (χ4v) is 4.60. The lowest BCUT2D eigenvalue weighted by atomic mass is 10.1. The molecule has 4 rings (SSSR count). The van der Waals surface area contributed by atoms with Crippen LogP contribution in [0.15, 0.2) is 42.6 Å². The molecule has 2 heterocycles. The highest BCUT2D eigenvalue weighted by molar-refractivity contribution is 6.30. The van der Waals surface area contributed by atoms with E-state index in [1.807, 2.05) is 0 Å². The molecule has 202 valence electrons. The van der Waals surface area contributed by atoms with Gasteiger partial charge in [0.1, 0.15) is 30.3 Å². The van der Waals surface area contributed by atoms with Gasteiger partial charge in [-0.25, -0.2) is 8.78 Å². The number of fused-ring (bicyclic) bond motifs is 1. The molecular formula is C25H21ClF5N3O4. The number of ketones is 1. The second kappa shape index (κ2) is 10.6. The number of Topliss-reactive ketones (excluding diaryl/α,β-unsaturated/α-hetero) is 1. The molecule has 0 spiro atoms. The van der Waals surface area contributed by atoms with Crippen LogP contribution in [0, 0.1) is 5.82 Å². The summed E-state index contributed by atoms with van der Waals surface area (Å²) in [6.07, 6.45) is -5.43. The number of carbonyl (C=O) groups excluding carboxylic acids is 3. The Morgan fingerprint density at radius 1 is 1.18 bits per heavy atom. The summed E-state index contributed by atoms with van der Waals surface area (Å²) in [5.74, 6) is -3.07. The summed E-state index contributed by atoms with van der Waals surface area (Å²) in [4.78, 5) is 39.1. The first-order valence-electron chi connectivity index (χ1n) is 11.4. The maximum absolute atomic E-state index is 14.3. The van der Waals surface area contributed by atoms with E-state index in [0.717, 1.165) is 17.0 Å². The minimum Gasteiger partial charge on any atom is -0.406 e. The summed E-state index contributed by atoms with van der Waals surface area (Å²) < 4.78 is 71.8. The molecule has 1 N–H and O–H groups in total. The molecule has 1 aliphatic heterocycles. The molecule has 7 nitrogen and oxygen atoms in total. The van der Waals surface area contributed by atoms with E-state index >= 15 is 0 Å². The van der Waals surface area contributed by atoms with E-state index in [9.17, 15) is 36.3 Å². The van der Waals surface area contributed by atoms with Crippen molar-refractivity contribution < 1.29 is 41.1 Å². The SMILES string of the molecule is CC(=O)c1cn(CC(=O)N2C[C@H](F)C[C@H]2C(=O)NCc2cccc(Cl)c2F)c2cc(OC(F)(F)F)ccc12. The number of ether oxygens (including phenoxy) is 1. The Balaban J connectivity index is 1.55. The van der Waals surface area contributed by atoms with E-state index in [1.165, 1.54) is 42.0 Å². The van der Waals surface area contributed by atoms with Crippen molar-refractivity contribution in [2.45, 2.75) is 45.0 Å². The highest BCUT2D eigenvalue weighted by atomic mass is 35.5. The third-order valence-electron chi connectivity index (χ3n) is 6.13. The maximum Gasteiger partial charge on any atom is 0.573 e. The van der Waals surface area contributed by atoms with E-state index in [0.29, 0.717) is 5.39 Å². The van der Waals surface area contributed by atoms with Crippen LogP contribution in [0.3, 0.4) is 0 Å². The lowest BCUT2D eigenvalue weighted by Gasteiger charge is -2.24. The number of carbonyl (C=O) groups is 3. The third-order valence-corrected chi connectivity index (χ3v) is 6.42. The lowest BCUT2D eigenvalue weighted by Crippen LogP contribution is -2.46. The number of alkyl halides is 4. The summed E-state index contributed by atoms with van der Waals surface area (Å²) in [5, 5.41) is 2.64. The molecule has 0 aliphatic carbocycles. The van der Waals surface area contributed by atoms with Gasteiger partial charge in [-0.15, -0.1) is 13.2 Å². The molecule has 1 aromatic heterocycles. The second-order valence-electron chi connectivity index (χ2n) is 8.78. The average Bonchev–Trinajstić information content (AvgIpc) is 3.39. The van der Waals surface area contributed by atoms with Crippen molar-refractivity contribution in [1.82, 2.24) is 14.8 Å². The molecule has 2 amide bonds. The van der Waals surface area contributed by atoms with Gasteiger partial charge in [-0.2, -0.15) is 0 Å². The molecule has 0 unspecified atom stereocenters. The van der Waals surface area contributed by atoms with Gasteiger partial charge in [-0.3, -0.25) is 14.4 Å². The van der Waals surface area contributed by atoms with Crippen LogP contribution in [-0.2, 0) is 22.7 Å². The van der Waals surface area contributed by atoms with Gasteiger partial charge in [-0.1, -0.05) is 23.7 Å². The van der Waals surface area contributed by atoms with Crippen LogP contribution in [0.5, 0.6) is 5.75 Å². The predicted octanol–water partition coefficient (Wildman–Crippen LogP) is 4.79. The summed E-state index contributed by atoms with van der Waals surface area (Å²) in [7, 11) is 0. The number of hydrogen-bond donors (Lipinski definition) is 1. The minimum absolute atomic E-state index is 0.103. The lowest BCUT2D eigenvalue weighted by molar-refractivity contribution is -0.274. The van der Waals surface area contributed by atoms with Crippen molar-refractivity contribution >= 4 is 40.1 Å². The van der Waals surface area contributed by atoms with E-state index in [-0.39, 0.29) is 47.0 Å². The number of likely N-dealkylation sites (tertiary alicyclic amines) is 1. The van der Waals surface area contributed by atoms with Gasteiger partial charge in [0.2, 0.25) is 11.8 Å². The average molecular weight is 558 g/mol. The van der Waals surface area contributed by atoms with E-state index < -0.39 is 48.5 Å². The third kappa shape index (κ3) is 5.90. The normalized spacial score (nSPS) is 17.6. The number of halogens is 6. The number of benzene rings is 2. The van der Waals surface area contributed by atoms with Crippen molar-refractivity contribution in [2.75, 3.05) is 6.54 Å². The second-order valence-corrected chi connectivity index (χ2v) is 9.19. The zero-order valence-corrected chi connectivity index (χ0v) is 20.6. The molecule has 1 aliphatic rings. The van der Waals surface area contributed by atoms with Gasteiger partial charge in [0.25, 0.3) is 0 Å². The fraction of sp³-hybridized carbons (Fsp3) is 0.320. The molecule has 2 aromatic carbocycles. The summed E-state index contributed by atoms with van der Waals surface area (Å²) in [5.41, 5.74) is 0.374. The van der Waals surface area contributed by atoms with Crippen LogP contribution in [-0.4, -0.2) is 52.2 Å². The molecular weight excluding hydrogens is 537 g/mol. The quantitative estimate of drug-likeness (QED) is 0.335. The van der Waals surface area contributed by atoms with Crippen molar-refractivity contribution in [1.29, 1.82) is 0 Å². The Morgan fingerprint density at radius 3 is 2.61 bits per heavy atom. The Kier molecular flexibility index (Phi) is 7.63. The van der Waals surface area contributed by atoms with Gasteiger partial charge in [0.05, 0.1) is 17.1 Å². The number of hydrogen-bond acceptors (Lipinski definition) is 4. The first kappa shape index (κ1) is 27.4. The summed E-state index contributed by atoms with van der Waals surface area (Å²) >= 11 is 5.74. The number of nitrogens with one attached hydrogen (secondary N) is 1. The molecule has 3 aromatic rings. The van der Waals surface area contributed by atoms with Crippen LogP contribution in [0.2, 0.25) is 5.02 Å². The minimum atomic E-state index is -4.95. The summed E-state index contributed by atoms with van der Waals surface area (Å²) in [6, 6.07) is 6.41. The molecule has 1 fully saturated rings. The highest BCUT2D eigenvalue weighted by Gasteiger charge is 2.40. The molecule has 1 saturated heterocycles. The van der Waals surface area contributed by atoms with Crippen LogP contribution in [0.4, 0.5) is 22.0 Å². The number of nitrogens with zero attached hydrogens (tertiary/aromatic N) is 2. The van der Waals surface area contributed by atoms with Gasteiger partial charge in [-0.05, 0) is 25.1 Å². The van der Waals surface area contributed by atoms with Crippen LogP contribution in [0.25, 0.3) is 10.9 Å². The van der Waals surface area contributed by atoms with E-state index in [2.05, 4.69) is 10.1 Å². The Morgan fingerprint density at radius 2 is 1.92 bits per heavy atom. The number of rotatable bonds is 7. The van der Waals surface area contributed by atoms with E-state index in [1.54, 1.807) is 0 Å². The smallest absolute Gasteiger partial charge is 0.406 e. The van der Waals surface area contributed by atoms with Crippen molar-refractivity contribution in [2.24, 2.45) is 0 Å². The van der Waals surface area contributed by atoms with Crippen molar-refractivity contribution in [3.05, 3.63) is 64.6 Å². The fourth-order valence-electron chi connectivity index (χ4n) is 4.41. The monoisotopic (exact) mass is 557 g/mol. The predicted molar refractivity (Wildman–Crippen MR) is 127 cm³/mol. The highest BCUT2D eigenvalue weighted by Crippen LogP contribution is 2.30. The molecule has 13 heteroatoms. The largest absolute Gasteiger partial charge is 0.573 e. The Labute approximate surface area is 218 Å². The van der Waals surface area contributed by atoms with E-state index in [4.69, 9.17) is 11.6 Å². The number of aromatic nitrogens is 1. The number of amides is 2. The zero-order chi connectivity index (χ0) is 27.8. The maximum atomic E-state index is 14.3. The molecule has 2 atom stereocenters. The molecule has 38 heavy (non-hydrogen) atoms. The standard InChI is InChI=1S/C25H21ClF5N3O4/c1-13(35)18-11-33(20-8-16(5-6-17(18)20)38-25(29,30)31)12-22(36)34-10-15(27)7-21(34)24(37)32-9-14-3-2-4-19(26)23(14)28/h2-6,8,11,15,21H,7,9-10,12H2,1H3,(H,32,37)/t15-,21+/m1/s1. The topological polar surface area (TPSA) is 80.6 Å². The van der Waals surface area contributed by atoms with Crippen molar-refractivity contribution in [3.63, 3.8) is 0 Å². The van der Waals surface area contributed by atoms with Crippen LogP contribution in [0.1, 0.15) is 29.3 Å². The van der Waals surface area contributed by atoms with Gasteiger partial charge < -0.3 is 19.5 Å². The van der Waals surface area contributed by atoms with Gasteiger partial charge in [0, 0.05) is 41.7 Å². The van der Waals surface area contributed by atoms with Crippen molar-refractivity contribution in [3.8, 4) is 5.75 Å². The Bertz CT molecular complexity index is 1410.